The van der Waals surface area contributed by atoms with Crippen molar-refractivity contribution in [2.24, 2.45) is 0 Å². The summed E-state index contributed by atoms with van der Waals surface area (Å²) in [6, 6.07) is 14.5. The molecule has 1 aliphatic heterocycles. The Labute approximate surface area is 180 Å². The maximum atomic E-state index is 6.44. The minimum atomic E-state index is -0.399. The van der Waals surface area contributed by atoms with Crippen LogP contribution in [-0.2, 0) is 15.7 Å². The van der Waals surface area contributed by atoms with E-state index >= 15 is 0 Å². The highest BCUT2D eigenvalue weighted by Crippen LogP contribution is 2.45. The minimum absolute atomic E-state index is 0.0000350. The van der Waals surface area contributed by atoms with Crippen LogP contribution in [0.4, 0.5) is 0 Å². The van der Waals surface area contributed by atoms with Gasteiger partial charge in [0.2, 0.25) is 5.75 Å². The Morgan fingerprint density at radius 3 is 1.83 bits per heavy atom. The fourth-order valence-corrected chi connectivity index (χ4v) is 3.80. The third-order valence-corrected chi connectivity index (χ3v) is 6.30. The van der Waals surface area contributed by atoms with Crippen LogP contribution >= 0.6 is 0 Å². The Morgan fingerprint density at radius 1 is 0.833 bits per heavy atom. The van der Waals surface area contributed by atoms with Crippen molar-refractivity contribution in [2.45, 2.75) is 57.6 Å². The topological polar surface area (TPSA) is 46.2 Å². The molecule has 1 atom stereocenters. The first kappa shape index (κ1) is 22.5. The van der Waals surface area contributed by atoms with Crippen LogP contribution in [-0.4, -0.2) is 39.6 Å². The number of hydrogen-bond acceptors (Lipinski definition) is 5. The Kier molecular flexibility index (Phi) is 6.68. The van der Waals surface area contributed by atoms with Crippen molar-refractivity contribution in [2.75, 3.05) is 21.3 Å². The molecule has 0 amide bonds. The van der Waals surface area contributed by atoms with Gasteiger partial charge in [-0.15, -0.1) is 0 Å². The van der Waals surface area contributed by atoms with E-state index in [0.717, 1.165) is 18.4 Å². The summed E-state index contributed by atoms with van der Waals surface area (Å²) in [6.45, 7) is 8.32. The predicted molar refractivity (Wildman–Crippen MR) is 120 cm³/mol. The van der Waals surface area contributed by atoms with Gasteiger partial charge >= 0.3 is 7.12 Å². The lowest BCUT2D eigenvalue weighted by atomic mass is 9.65. The first-order valence-corrected chi connectivity index (χ1v) is 10.4. The molecule has 0 spiro atoms. The van der Waals surface area contributed by atoms with Gasteiger partial charge in [0.25, 0.3) is 0 Å². The molecule has 0 aliphatic carbocycles. The molecule has 6 heteroatoms. The van der Waals surface area contributed by atoms with Crippen LogP contribution in [0.1, 0.15) is 51.1 Å². The number of hydrogen-bond donors (Lipinski definition) is 0. The minimum Gasteiger partial charge on any atom is -0.493 e. The summed E-state index contributed by atoms with van der Waals surface area (Å²) in [6.07, 6.45) is 1.77. The fraction of sp³-hybridized carbons (Fsp3) is 0.500. The summed E-state index contributed by atoms with van der Waals surface area (Å²) >= 11 is 0. The largest absolute Gasteiger partial charge is 0.493 e. The Bertz CT molecular complexity index is 809. The SMILES string of the molecule is COc1cc([C@@H](CCc2ccccc2)B2OC(C)(C)C(C)(C)O2)cc(OC)c1OC. The van der Waals surface area contributed by atoms with E-state index in [2.05, 4.69) is 52.0 Å². The molecule has 1 saturated heterocycles. The Hall–Kier alpha value is -2.18. The molecule has 1 fully saturated rings. The molecule has 0 unspecified atom stereocenters. The molecule has 2 aromatic rings. The molecule has 1 aliphatic rings. The van der Waals surface area contributed by atoms with Crippen LogP contribution in [0.15, 0.2) is 42.5 Å². The zero-order valence-electron chi connectivity index (χ0n) is 19.2. The van der Waals surface area contributed by atoms with Gasteiger partial charge in [-0.25, -0.2) is 0 Å². The lowest BCUT2D eigenvalue weighted by Crippen LogP contribution is -2.41. The summed E-state index contributed by atoms with van der Waals surface area (Å²) in [5.74, 6) is 1.85. The molecule has 30 heavy (non-hydrogen) atoms. The van der Waals surface area contributed by atoms with E-state index in [1.807, 2.05) is 18.2 Å². The van der Waals surface area contributed by atoms with Gasteiger partial charge in [-0.05, 0) is 63.8 Å². The maximum Gasteiger partial charge on any atom is 0.465 e. The zero-order chi connectivity index (χ0) is 21.9. The number of aryl methyl sites for hydroxylation is 1. The smallest absolute Gasteiger partial charge is 0.465 e. The van der Waals surface area contributed by atoms with E-state index in [9.17, 15) is 0 Å². The normalized spacial score (nSPS) is 18.2. The lowest BCUT2D eigenvalue weighted by molar-refractivity contribution is 0.00578. The van der Waals surface area contributed by atoms with Gasteiger partial charge in [-0.3, -0.25) is 0 Å². The van der Waals surface area contributed by atoms with Crippen LogP contribution < -0.4 is 14.2 Å². The molecule has 0 saturated carbocycles. The molecular weight excluding hydrogens is 379 g/mol. The molecule has 5 nitrogen and oxygen atoms in total. The van der Waals surface area contributed by atoms with Crippen molar-refractivity contribution >= 4 is 7.12 Å². The quantitative estimate of drug-likeness (QED) is 0.567. The second-order valence-electron chi connectivity index (χ2n) is 8.71. The van der Waals surface area contributed by atoms with E-state index in [1.54, 1.807) is 21.3 Å². The molecule has 0 aromatic heterocycles. The van der Waals surface area contributed by atoms with Crippen molar-refractivity contribution in [3.8, 4) is 17.2 Å². The summed E-state index contributed by atoms with van der Waals surface area (Å²) in [7, 11) is 4.51. The standard InChI is InChI=1S/C24H33BO5/c1-23(2)24(3,4)30-25(29-23)19(14-13-17-11-9-8-10-12-17)18-15-20(26-5)22(28-7)21(16-18)27-6/h8-12,15-16,19H,13-14H2,1-7H3/t19-/m1/s1. The summed E-state index contributed by atoms with van der Waals surface area (Å²) < 4.78 is 29.6. The van der Waals surface area contributed by atoms with Gasteiger partial charge in [-0.1, -0.05) is 30.3 Å². The molecular formula is C24H33BO5. The van der Waals surface area contributed by atoms with Crippen LogP contribution in [0.3, 0.4) is 0 Å². The maximum absolute atomic E-state index is 6.44. The lowest BCUT2D eigenvalue weighted by Gasteiger charge is -2.32. The van der Waals surface area contributed by atoms with Crippen LogP contribution in [0.2, 0.25) is 0 Å². The van der Waals surface area contributed by atoms with Crippen LogP contribution in [0.5, 0.6) is 17.2 Å². The number of benzene rings is 2. The van der Waals surface area contributed by atoms with Gasteiger partial charge in [0, 0.05) is 5.82 Å². The van der Waals surface area contributed by atoms with Gasteiger partial charge in [0.1, 0.15) is 0 Å². The van der Waals surface area contributed by atoms with Gasteiger partial charge in [-0.2, -0.15) is 0 Å². The first-order chi connectivity index (χ1) is 14.2. The summed E-state index contributed by atoms with van der Waals surface area (Å²) in [4.78, 5) is 0. The van der Waals surface area contributed by atoms with E-state index in [4.69, 9.17) is 23.5 Å². The molecule has 3 rings (SSSR count). The van der Waals surface area contributed by atoms with E-state index in [0.29, 0.717) is 17.2 Å². The molecule has 2 aromatic carbocycles. The first-order valence-electron chi connectivity index (χ1n) is 10.4. The monoisotopic (exact) mass is 412 g/mol. The van der Waals surface area contributed by atoms with Gasteiger partial charge < -0.3 is 23.5 Å². The average molecular weight is 412 g/mol. The Balaban J connectivity index is 1.99. The third-order valence-electron chi connectivity index (χ3n) is 6.30. The van der Waals surface area contributed by atoms with Crippen molar-refractivity contribution in [3.63, 3.8) is 0 Å². The van der Waals surface area contributed by atoms with E-state index in [1.165, 1.54) is 5.56 Å². The second-order valence-corrected chi connectivity index (χ2v) is 8.71. The van der Waals surface area contributed by atoms with Crippen molar-refractivity contribution in [1.82, 2.24) is 0 Å². The zero-order valence-corrected chi connectivity index (χ0v) is 19.2. The predicted octanol–water partition coefficient (Wildman–Crippen LogP) is 5.06. The highest BCUT2D eigenvalue weighted by Gasteiger charge is 2.54. The summed E-state index contributed by atoms with van der Waals surface area (Å²) in [5, 5.41) is 0. The highest BCUT2D eigenvalue weighted by atomic mass is 16.7. The number of methoxy groups -OCH3 is 3. The molecule has 0 radical (unpaired) electrons. The van der Waals surface area contributed by atoms with E-state index in [-0.39, 0.29) is 12.9 Å². The van der Waals surface area contributed by atoms with E-state index < -0.39 is 11.2 Å². The van der Waals surface area contributed by atoms with Crippen LogP contribution in [0, 0.1) is 0 Å². The molecule has 1 heterocycles. The molecule has 162 valence electrons. The molecule has 0 N–H and O–H groups in total. The fourth-order valence-electron chi connectivity index (χ4n) is 3.80. The second kappa shape index (κ2) is 8.90. The third kappa shape index (κ3) is 4.45. The van der Waals surface area contributed by atoms with Crippen molar-refractivity contribution < 1.29 is 23.5 Å². The number of rotatable bonds is 8. The number of ether oxygens (including phenoxy) is 3. The van der Waals surface area contributed by atoms with Gasteiger partial charge in [0.15, 0.2) is 11.5 Å². The van der Waals surface area contributed by atoms with Crippen LogP contribution in [0.25, 0.3) is 0 Å². The molecule has 0 bridgehead atoms. The highest BCUT2D eigenvalue weighted by molar-refractivity contribution is 6.47. The summed E-state index contributed by atoms with van der Waals surface area (Å²) in [5.41, 5.74) is 1.53. The Morgan fingerprint density at radius 2 is 1.37 bits per heavy atom. The van der Waals surface area contributed by atoms with Crippen molar-refractivity contribution in [1.29, 1.82) is 0 Å². The van der Waals surface area contributed by atoms with Gasteiger partial charge in [0.05, 0.1) is 32.5 Å². The average Bonchev–Trinajstić information content (AvgIpc) is 2.94. The van der Waals surface area contributed by atoms with Crippen molar-refractivity contribution in [3.05, 3.63) is 53.6 Å².